The van der Waals surface area contributed by atoms with Crippen molar-refractivity contribution < 1.29 is 80.2 Å². The summed E-state index contributed by atoms with van der Waals surface area (Å²) in [4.78, 5) is 72.8. The van der Waals surface area contributed by atoms with Crippen LogP contribution in [0.25, 0.3) is 0 Å². The van der Waals surface area contributed by atoms with Crippen molar-refractivity contribution in [3.8, 4) is 0 Å². The van der Waals surface area contributed by atoms with Crippen LogP contribution < -0.4 is 0 Å². The van der Waals surface area contributed by atoms with Crippen molar-refractivity contribution in [2.45, 2.75) is 354 Å². The highest BCUT2D eigenvalue weighted by Gasteiger charge is 2.30. The van der Waals surface area contributed by atoms with Gasteiger partial charge in [-0.25, -0.2) is 9.13 Å². The molecule has 0 bridgehead atoms. The maximum atomic E-state index is 13.1. The van der Waals surface area contributed by atoms with Gasteiger partial charge in [0.1, 0.15) is 19.3 Å². The fourth-order valence-electron chi connectivity index (χ4n) is 10.4. The molecule has 0 aromatic carbocycles. The Morgan fingerprint density at radius 3 is 0.847 bits per heavy atom. The van der Waals surface area contributed by atoms with Crippen LogP contribution in [-0.2, 0) is 65.4 Å². The topological polar surface area (TPSA) is 237 Å². The summed E-state index contributed by atoms with van der Waals surface area (Å²) in [6.45, 7) is 4.71. The van der Waals surface area contributed by atoms with E-state index in [1.165, 1.54) is 103 Å². The van der Waals surface area contributed by atoms with Gasteiger partial charge in [-0.1, -0.05) is 273 Å². The molecule has 0 rings (SSSR count). The molecule has 19 heteroatoms. The molecule has 0 radical (unpaired) electrons. The van der Waals surface area contributed by atoms with Gasteiger partial charge in [-0.05, 0) is 122 Å². The normalized spacial score (nSPS) is 14.4. The summed E-state index contributed by atoms with van der Waals surface area (Å²) in [5.74, 6) is -2.21. The number of phosphoric ester groups is 2. The number of ether oxygens (including phenoxy) is 4. The van der Waals surface area contributed by atoms with Gasteiger partial charge in [0.25, 0.3) is 0 Å². The molecule has 5 atom stereocenters. The Labute approximate surface area is 595 Å². The van der Waals surface area contributed by atoms with Gasteiger partial charge in [0.2, 0.25) is 0 Å². The number of hydrogen-bond acceptors (Lipinski definition) is 15. The first-order chi connectivity index (χ1) is 47.7. The molecule has 0 aliphatic heterocycles. The second-order valence-electron chi connectivity index (χ2n) is 25.9. The Bertz CT molecular complexity index is 2190. The number of esters is 4. The molecule has 0 aromatic heterocycles. The summed E-state index contributed by atoms with van der Waals surface area (Å²) in [5.41, 5.74) is 0. The molecule has 0 amide bonds. The van der Waals surface area contributed by atoms with E-state index in [1.54, 1.807) is 0 Å². The van der Waals surface area contributed by atoms with Crippen LogP contribution in [0, 0.1) is 0 Å². The van der Waals surface area contributed by atoms with Crippen LogP contribution in [-0.4, -0.2) is 96.7 Å². The van der Waals surface area contributed by atoms with Gasteiger partial charge in [-0.15, -0.1) is 0 Å². The summed E-state index contributed by atoms with van der Waals surface area (Å²) in [6.07, 6.45) is 72.9. The van der Waals surface area contributed by atoms with Crippen LogP contribution in [0.3, 0.4) is 0 Å². The Hall–Kier alpha value is -3.76. The highest BCUT2D eigenvalue weighted by molar-refractivity contribution is 7.47. The summed E-state index contributed by atoms with van der Waals surface area (Å²) < 4.78 is 68.4. The predicted octanol–water partition coefficient (Wildman–Crippen LogP) is 22.2. The minimum absolute atomic E-state index is 0.0787. The zero-order chi connectivity index (χ0) is 71.8. The maximum absolute atomic E-state index is 13.1. The number of aliphatic hydroxyl groups is 1. The average Bonchev–Trinajstić information content (AvgIpc) is 0.992. The zero-order valence-corrected chi connectivity index (χ0v) is 63.7. The molecule has 0 saturated carbocycles. The van der Waals surface area contributed by atoms with Crippen molar-refractivity contribution in [1.82, 2.24) is 0 Å². The Morgan fingerprint density at radius 1 is 0.296 bits per heavy atom. The molecule has 5 unspecified atom stereocenters. The lowest BCUT2D eigenvalue weighted by Gasteiger charge is -2.21. The van der Waals surface area contributed by atoms with Gasteiger partial charge in [0.15, 0.2) is 12.2 Å². The summed E-state index contributed by atoms with van der Waals surface area (Å²) in [7, 11) is -9.95. The van der Waals surface area contributed by atoms with Gasteiger partial charge in [0, 0.05) is 25.7 Å². The standard InChI is InChI=1S/C79H140O17P2/c1-5-9-13-17-21-25-29-32-34-35-36-37-39-41-45-48-52-56-60-64-77(82)90-70-75(96-79(84)66-62-58-54-50-46-42-38-33-30-26-22-18-14-10-6-2)72-94-98(87,88)92-68-73(80)67-91-97(85,86)93-71-74(95-78(83)65-61-57-53-49-43-28-24-20-16-12-8-4)69-89-76(81)63-59-55-51-47-44-40-31-27-23-19-15-11-7-3/h9,13,21,25,27,31-34,36-38,41,45,73-75,80H,5-8,10-12,14-20,22-24,26,28-30,35,39-40,42-44,46-72H2,1-4H3,(H,85,86)(H,87,88)/b13-9-,25-21-,31-27-,34-32-,37-36-,38-33-,45-41-. The number of carbonyl (C=O) groups excluding carboxylic acids is 4. The van der Waals surface area contributed by atoms with Crippen LogP contribution >= 0.6 is 15.6 Å². The van der Waals surface area contributed by atoms with Gasteiger partial charge >= 0.3 is 39.5 Å². The van der Waals surface area contributed by atoms with Crippen molar-refractivity contribution in [2.24, 2.45) is 0 Å². The molecule has 98 heavy (non-hydrogen) atoms. The largest absolute Gasteiger partial charge is 0.472 e. The van der Waals surface area contributed by atoms with E-state index in [-0.39, 0.29) is 25.7 Å². The van der Waals surface area contributed by atoms with Crippen molar-refractivity contribution in [2.75, 3.05) is 39.6 Å². The third-order valence-electron chi connectivity index (χ3n) is 16.3. The average molecular weight is 1420 g/mol. The number of aliphatic hydroxyl groups excluding tert-OH is 1. The smallest absolute Gasteiger partial charge is 0.462 e. The molecular weight excluding hydrogens is 1280 g/mol. The molecule has 0 heterocycles. The van der Waals surface area contributed by atoms with Gasteiger partial charge < -0.3 is 33.8 Å². The Morgan fingerprint density at radius 2 is 0.531 bits per heavy atom. The maximum Gasteiger partial charge on any atom is 0.472 e. The number of phosphoric acid groups is 2. The number of unbranched alkanes of at least 4 members (excludes halogenated alkanes) is 33. The number of carbonyl (C=O) groups is 4. The molecule has 3 N–H and O–H groups in total. The fourth-order valence-corrected chi connectivity index (χ4v) is 12.0. The lowest BCUT2D eigenvalue weighted by Crippen LogP contribution is -2.30. The predicted molar refractivity (Wildman–Crippen MR) is 399 cm³/mol. The first kappa shape index (κ1) is 94.2. The monoisotopic (exact) mass is 1420 g/mol. The lowest BCUT2D eigenvalue weighted by atomic mass is 10.1. The van der Waals surface area contributed by atoms with Crippen molar-refractivity contribution in [3.05, 3.63) is 85.1 Å². The zero-order valence-electron chi connectivity index (χ0n) is 62.0. The molecule has 0 aliphatic carbocycles. The molecule has 17 nitrogen and oxygen atoms in total. The highest BCUT2D eigenvalue weighted by Crippen LogP contribution is 2.45. The minimum atomic E-state index is -4.98. The van der Waals surface area contributed by atoms with Crippen LogP contribution in [0.15, 0.2) is 85.1 Å². The van der Waals surface area contributed by atoms with Crippen LogP contribution in [0.4, 0.5) is 0 Å². The Balaban J connectivity index is 5.35. The minimum Gasteiger partial charge on any atom is -0.462 e. The van der Waals surface area contributed by atoms with E-state index in [9.17, 15) is 43.2 Å². The molecule has 0 aliphatic rings. The molecule has 0 saturated heterocycles. The molecule has 568 valence electrons. The lowest BCUT2D eigenvalue weighted by molar-refractivity contribution is -0.161. The molecular formula is C79H140O17P2. The van der Waals surface area contributed by atoms with E-state index in [0.717, 1.165) is 154 Å². The van der Waals surface area contributed by atoms with Gasteiger partial charge in [-0.3, -0.25) is 37.3 Å². The first-order valence-corrected chi connectivity index (χ1v) is 41.8. The third-order valence-corrected chi connectivity index (χ3v) is 18.2. The van der Waals surface area contributed by atoms with E-state index < -0.39 is 97.5 Å². The summed E-state index contributed by atoms with van der Waals surface area (Å²) >= 11 is 0. The van der Waals surface area contributed by atoms with Crippen LogP contribution in [0.1, 0.15) is 336 Å². The van der Waals surface area contributed by atoms with E-state index in [4.69, 9.17) is 37.0 Å². The second kappa shape index (κ2) is 71.6. The number of hydrogen-bond donors (Lipinski definition) is 3. The van der Waals surface area contributed by atoms with Crippen LogP contribution in [0.5, 0.6) is 0 Å². The second-order valence-corrected chi connectivity index (χ2v) is 28.8. The molecule has 0 fully saturated rings. The Kier molecular flexibility index (Phi) is 68.9. The van der Waals surface area contributed by atoms with E-state index in [1.807, 2.05) is 0 Å². The quantitative estimate of drug-likeness (QED) is 0.0169. The highest BCUT2D eigenvalue weighted by atomic mass is 31.2. The van der Waals surface area contributed by atoms with E-state index in [0.29, 0.717) is 25.7 Å². The number of allylic oxidation sites excluding steroid dienone is 14. The van der Waals surface area contributed by atoms with Crippen molar-refractivity contribution in [3.63, 3.8) is 0 Å². The first-order valence-electron chi connectivity index (χ1n) is 38.8. The third kappa shape index (κ3) is 70.7. The van der Waals surface area contributed by atoms with Crippen molar-refractivity contribution >= 4 is 39.5 Å². The summed E-state index contributed by atoms with van der Waals surface area (Å²) in [6, 6.07) is 0. The van der Waals surface area contributed by atoms with Gasteiger partial charge in [0.05, 0.1) is 26.4 Å². The van der Waals surface area contributed by atoms with Crippen molar-refractivity contribution in [1.29, 1.82) is 0 Å². The SMILES string of the molecule is CC/C=C\C/C=C\C/C=C\C/C=C\C/C=C\CCCCCC(=O)OCC(COP(=O)(O)OCC(O)COP(=O)(O)OCC(COC(=O)CCCCCCC/C=C\CCCCCC)OC(=O)CCCCCCCCCCCCC)OC(=O)CCCCCCC/C=C\CCCCCCCC. The van der Waals surface area contributed by atoms with E-state index >= 15 is 0 Å². The molecule has 0 spiro atoms. The number of rotatable bonds is 73. The fraction of sp³-hybridized carbons (Fsp3) is 0.772. The molecule has 0 aromatic rings. The summed E-state index contributed by atoms with van der Waals surface area (Å²) in [5, 5.41) is 10.6. The van der Waals surface area contributed by atoms with Gasteiger partial charge in [-0.2, -0.15) is 0 Å². The van der Waals surface area contributed by atoms with E-state index in [2.05, 4.69) is 113 Å². The van der Waals surface area contributed by atoms with Crippen LogP contribution in [0.2, 0.25) is 0 Å².